The van der Waals surface area contributed by atoms with Crippen LogP contribution in [0.1, 0.15) is 38.3 Å². The standard InChI is InChI=1S/C15H25N3O/c1-6-15(2,3)18(4)10-12-9-11(14(16)17)7-8-13(12)19-5/h7-9H,6,10H2,1-5H3,(H3,16,17). The Hall–Kier alpha value is -1.55. The normalized spacial score (nSPS) is 11.7. The Bertz CT molecular complexity index is 455. The number of nitrogens with zero attached hydrogens (tertiary/aromatic N) is 1. The summed E-state index contributed by atoms with van der Waals surface area (Å²) in [5.74, 6) is 0.921. The molecule has 0 aliphatic carbocycles. The van der Waals surface area contributed by atoms with Crippen LogP contribution >= 0.6 is 0 Å². The zero-order valence-electron chi connectivity index (χ0n) is 12.6. The van der Waals surface area contributed by atoms with Gasteiger partial charge in [-0.1, -0.05) is 6.92 Å². The van der Waals surface area contributed by atoms with Crippen molar-refractivity contribution in [3.8, 4) is 5.75 Å². The van der Waals surface area contributed by atoms with E-state index in [2.05, 4.69) is 32.7 Å². The van der Waals surface area contributed by atoms with Crippen molar-refractivity contribution in [2.24, 2.45) is 5.73 Å². The highest BCUT2D eigenvalue weighted by atomic mass is 16.5. The monoisotopic (exact) mass is 263 g/mol. The summed E-state index contributed by atoms with van der Waals surface area (Å²) in [6, 6.07) is 5.62. The predicted molar refractivity (Wildman–Crippen MR) is 79.8 cm³/mol. The van der Waals surface area contributed by atoms with Gasteiger partial charge in [-0.3, -0.25) is 10.3 Å². The molecule has 1 rings (SSSR count). The average molecular weight is 263 g/mol. The summed E-state index contributed by atoms with van der Waals surface area (Å²) in [5.41, 5.74) is 7.46. The minimum atomic E-state index is 0.0845. The van der Waals surface area contributed by atoms with Gasteiger partial charge >= 0.3 is 0 Å². The number of nitrogen functional groups attached to an aromatic ring is 1. The molecule has 3 N–H and O–H groups in total. The zero-order chi connectivity index (χ0) is 14.6. The summed E-state index contributed by atoms with van der Waals surface area (Å²) in [5, 5.41) is 7.52. The lowest BCUT2D eigenvalue weighted by Crippen LogP contribution is -2.39. The molecule has 0 saturated carbocycles. The van der Waals surface area contributed by atoms with Crippen LogP contribution in [0.25, 0.3) is 0 Å². The van der Waals surface area contributed by atoms with E-state index in [0.29, 0.717) is 0 Å². The van der Waals surface area contributed by atoms with Crippen LogP contribution in [-0.4, -0.2) is 30.4 Å². The van der Waals surface area contributed by atoms with Gasteiger partial charge in [-0.05, 0) is 45.5 Å². The van der Waals surface area contributed by atoms with Crippen molar-refractivity contribution in [3.05, 3.63) is 29.3 Å². The molecule has 0 aliphatic heterocycles. The van der Waals surface area contributed by atoms with Crippen LogP contribution in [0.3, 0.4) is 0 Å². The van der Waals surface area contributed by atoms with Gasteiger partial charge in [-0.25, -0.2) is 0 Å². The van der Waals surface area contributed by atoms with E-state index in [4.69, 9.17) is 15.9 Å². The van der Waals surface area contributed by atoms with E-state index in [1.807, 2.05) is 18.2 Å². The molecule has 19 heavy (non-hydrogen) atoms. The topological polar surface area (TPSA) is 62.3 Å². The molecular weight excluding hydrogens is 238 g/mol. The van der Waals surface area contributed by atoms with Gasteiger partial charge in [0.1, 0.15) is 11.6 Å². The predicted octanol–water partition coefficient (Wildman–Crippen LogP) is 2.60. The Kier molecular flexibility index (Phi) is 4.95. The number of hydrogen-bond donors (Lipinski definition) is 2. The van der Waals surface area contributed by atoms with Gasteiger partial charge in [0.15, 0.2) is 0 Å². The molecule has 1 aromatic carbocycles. The SMILES string of the molecule is CCC(C)(C)N(C)Cc1cc(C(=N)N)ccc1OC. The van der Waals surface area contributed by atoms with Crippen LogP contribution in [0, 0.1) is 5.41 Å². The lowest BCUT2D eigenvalue weighted by atomic mass is 9.98. The quantitative estimate of drug-likeness (QED) is 0.612. The highest BCUT2D eigenvalue weighted by molar-refractivity contribution is 5.95. The summed E-state index contributed by atoms with van der Waals surface area (Å²) < 4.78 is 5.39. The van der Waals surface area contributed by atoms with Gasteiger partial charge in [0.2, 0.25) is 0 Å². The molecule has 0 aromatic heterocycles. The molecule has 0 aliphatic rings. The summed E-state index contributed by atoms with van der Waals surface area (Å²) in [6.45, 7) is 7.38. The van der Waals surface area contributed by atoms with Gasteiger partial charge in [0.05, 0.1) is 7.11 Å². The molecule has 4 heteroatoms. The third kappa shape index (κ3) is 3.70. The Morgan fingerprint density at radius 3 is 2.53 bits per heavy atom. The lowest BCUT2D eigenvalue weighted by Gasteiger charge is -2.35. The van der Waals surface area contributed by atoms with Crippen molar-refractivity contribution in [2.75, 3.05) is 14.2 Å². The van der Waals surface area contributed by atoms with Crippen molar-refractivity contribution >= 4 is 5.84 Å². The van der Waals surface area contributed by atoms with Gasteiger partial charge in [-0.15, -0.1) is 0 Å². The van der Waals surface area contributed by atoms with E-state index in [9.17, 15) is 0 Å². The number of methoxy groups -OCH3 is 1. The largest absolute Gasteiger partial charge is 0.496 e. The number of nitrogens with two attached hydrogens (primary N) is 1. The highest BCUT2D eigenvalue weighted by Crippen LogP contribution is 2.25. The number of amidine groups is 1. The number of benzene rings is 1. The average Bonchev–Trinajstić information content (AvgIpc) is 2.38. The molecule has 1 aromatic rings. The highest BCUT2D eigenvalue weighted by Gasteiger charge is 2.22. The molecule has 0 spiro atoms. The molecule has 106 valence electrons. The fourth-order valence-electron chi connectivity index (χ4n) is 1.81. The maximum Gasteiger partial charge on any atom is 0.123 e. The van der Waals surface area contributed by atoms with E-state index in [0.717, 1.165) is 29.8 Å². The van der Waals surface area contributed by atoms with Crippen molar-refractivity contribution in [3.63, 3.8) is 0 Å². The van der Waals surface area contributed by atoms with Crippen molar-refractivity contribution in [1.29, 1.82) is 5.41 Å². The Morgan fingerprint density at radius 2 is 2.05 bits per heavy atom. The summed E-state index contributed by atoms with van der Waals surface area (Å²) in [7, 11) is 3.76. The fourth-order valence-corrected chi connectivity index (χ4v) is 1.81. The number of ether oxygens (including phenoxy) is 1. The number of hydrogen-bond acceptors (Lipinski definition) is 3. The summed E-state index contributed by atoms with van der Waals surface area (Å²) in [4.78, 5) is 2.29. The van der Waals surface area contributed by atoms with E-state index in [1.165, 1.54) is 0 Å². The molecule has 0 saturated heterocycles. The second kappa shape index (κ2) is 6.06. The molecule has 0 atom stereocenters. The Balaban J connectivity index is 3.04. The van der Waals surface area contributed by atoms with Crippen LogP contribution in [0.4, 0.5) is 0 Å². The minimum absolute atomic E-state index is 0.0845. The van der Waals surface area contributed by atoms with Gasteiger partial charge in [-0.2, -0.15) is 0 Å². The van der Waals surface area contributed by atoms with Crippen molar-refractivity contribution in [1.82, 2.24) is 4.90 Å². The maximum atomic E-state index is 7.52. The van der Waals surface area contributed by atoms with Gasteiger partial charge < -0.3 is 10.5 Å². The summed E-state index contributed by atoms with van der Waals surface area (Å²) in [6.07, 6.45) is 1.07. The van der Waals surface area contributed by atoms with E-state index in [1.54, 1.807) is 7.11 Å². The molecule has 0 unspecified atom stereocenters. The minimum Gasteiger partial charge on any atom is -0.496 e. The molecule has 0 radical (unpaired) electrons. The van der Waals surface area contributed by atoms with Crippen LogP contribution in [0.5, 0.6) is 5.75 Å². The maximum absolute atomic E-state index is 7.52. The summed E-state index contributed by atoms with van der Waals surface area (Å²) >= 11 is 0. The lowest BCUT2D eigenvalue weighted by molar-refractivity contribution is 0.141. The molecule has 4 nitrogen and oxygen atoms in total. The first-order valence-electron chi connectivity index (χ1n) is 6.54. The van der Waals surface area contributed by atoms with Crippen LogP contribution in [0.2, 0.25) is 0 Å². The van der Waals surface area contributed by atoms with E-state index >= 15 is 0 Å². The van der Waals surface area contributed by atoms with Crippen LogP contribution < -0.4 is 10.5 Å². The smallest absolute Gasteiger partial charge is 0.123 e. The van der Waals surface area contributed by atoms with E-state index < -0.39 is 0 Å². The first-order chi connectivity index (χ1) is 8.81. The fraction of sp³-hybridized carbons (Fsp3) is 0.533. The van der Waals surface area contributed by atoms with Gasteiger partial charge in [0, 0.05) is 23.2 Å². The van der Waals surface area contributed by atoms with Crippen LogP contribution in [-0.2, 0) is 6.54 Å². The van der Waals surface area contributed by atoms with E-state index in [-0.39, 0.29) is 11.4 Å². The first-order valence-corrected chi connectivity index (χ1v) is 6.54. The Labute approximate surface area is 116 Å². The molecule has 0 heterocycles. The third-order valence-electron chi connectivity index (χ3n) is 3.90. The molecule has 0 bridgehead atoms. The van der Waals surface area contributed by atoms with Gasteiger partial charge in [0.25, 0.3) is 0 Å². The molecular formula is C15H25N3O. The molecule has 0 amide bonds. The number of rotatable bonds is 6. The Morgan fingerprint density at radius 1 is 1.42 bits per heavy atom. The van der Waals surface area contributed by atoms with Crippen molar-refractivity contribution < 1.29 is 4.74 Å². The van der Waals surface area contributed by atoms with Crippen molar-refractivity contribution in [2.45, 2.75) is 39.3 Å². The zero-order valence-corrected chi connectivity index (χ0v) is 12.6. The van der Waals surface area contributed by atoms with Crippen LogP contribution in [0.15, 0.2) is 18.2 Å². The second-order valence-corrected chi connectivity index (χ2v) is 5.46. The second-order valence-electron chi connectivity index (χ2n) is 5.46. The number of nitrogens with one attached hydrogen (secondary N) is 1. The third-order valence-corrected chi connectivity index (χ3v) is 3.90. The first kappa shape index (κ1) is 15.5. The molecule has 0 fully saturated rings.